The van der Waals surface area contributed by atoms with Crippen molar-refractivity contribution in [1.82, 2.24) is 5.32 Å². The third kappa shape index (κ3) is 3.24. The van der Waals surface area contributed by atoms with Crippen LogP contribution in [0.4, 0.5) is 0 Å². The summed E-state index contributed by atoms with van der Waals surface area (Å²) < 4.78 is 22.1. The minimum atomic E-state index is -0.283. The number of hydrogen-bond acceptors (Lipinski definition) is 5. The van der Waals surface area contributed by atoms with Crippen molar-refractivity contribution in [3.8, 4) is 23.0 Å². The van der Waals surface area contributed by atoms with Gasteiger partial charge in [0.25, 0.3) is 5.91 Å². The van der Waals surface area contributed by atoms with Crippen molar-refractivity contribution >= 4 is 17.5 Å². The van der Waals surface area contributed by atoms with Crippen LogP contribution in [-0.2, 0) is 0 Å². The minimum Gasteiger partial charge on any atom is -0.486 e. The van der Waals surface area contributed by atoms with E-state index < -0.39 is 0 Å². The molecule has 2 aromatic rings. The van der Waals surface area contributed by atoms with Gasteiger partial charge in [-0.25, -0.2) is 0 Å². The van der Waals surface area contributed by atoms with Crippen LogP contribution in [0.25, 0.3) is 0 Å². The van der Waals surface area contributed by atoms with Crippen LogP contribution in [-0.4, -0.2) is 32.3 Å². The molecule has 0 saturated heterocycles. The fraction of sp³-hybridized carbons (Fsp3) is 0.316. The largest absolute Gasteiger partial charge is 0.486 e. The van der Waals surface area contributed by atoms with Gasteiger partial charge in [0.2, 0.25) is 0 Å². The number of fused-ring (bicyclic) bond motifs is 2. The zero-order valence-electron chi connectivity index (χ0n) is 14.2. The number of ether oxygens (including phenoxy) is 4. The van der Waals surface area contributed by atoms with E-state index in [1.54, 1.807) is 12.1 Å². The molecule has 0 bridgehead atoms. The van der Waals surface area contributed by atoms with E-state index in [2.05, 4.69) is 5.32 Å². The molecule has 1 N–H and O–H groups in total. The molecule has 2 aliphatic heterocycles. The van der Waals surface area contributed by atoms with E-state index in [1.807, 2.05) is 25.1 Å². The van der Waals surface area contributed by atoms with Crippen LogP contribution in [0.2, 0.25) is 5.02 Å². The van der Waals surface area contributed by atoms with Crippen LogP contribution in [0.3, 0.4) is 0 Å². The number of hydrogen-bond donors (Lipinski definition) is 1. The third-order valence-corrected chi connectivity index (χ3v) is 4.60. The summed E-state index contributed by atoms with van der Waals surface area (Å²) >= 11 is 6.25. The first-order chi connectivity index (χ1) is 12.6. The Kier molecular flexibility index (Phi) is 4.51. The molecular formula is C19H18ClNO5. The van der Waals surface area contributed by atoms with E-state index in [4.69, 9.17) is 30.5 Å². The molecule has 136 valence electrons. The van der Waals surface area contributed by atoms with Crippen molar-refractivity contribution in [2.24, 2.45) is 0 Å². The van der Waals surface area contributed by atoms with Gasteiger partial charge in [0, 0.05) is 6.07 Å². The lowest BCUT2D eigenvalue weighted by Gasteiger charge is -2.22. The van der Waals surface area contributed by atoms with E-state index >= 15 is 0 Å². The van der Waals surface area contributed by atoms with Crippen LogP contribution in [0.5, 0.6) is 23.0 Å². The Labute approximate surface area is 156 Å². The maximum Gasteiger partial charge on any atom is 0.253 e. The Hall–Kier alpha value is -2.60. The highest BCUT2D eigenvalue weighted by molar-refractivity contribution is 6.34. The third-order valence-electron chi connectivity index (χ3n) is 4.29. The number of carbonyl (C=O) groups excluding carboxylic acids is 1. The van der Waals surface area contributed by atoms with E-state index in [1.165, 1.54) is 0 Å². The van der Waals surface area contributed by atoms with E-state index in [9.17, 15) is 4.79 Å². The number of halogens is 1. The van der Waals surface area contributed by atoms with Gasteiger partial charge in [-0.1, -0.05) is 17.7 Å². The number of amides is 1. The van der Waals surface area contributed by atoms with Gasteiger partial charge in [0.1, 0.15) is 26.4 Å². The minimum absolute atomic E-state index is 0.234. The second-order valence-electron chi connectivity index (χ2n) is 6.07. The van der Waals surface area contributed by atoms with Crippen LogP contribution >= 0.6 is 11.6 Å². The quantitative estimate of drug-likeness (QED) is 0.891. The van der Waals surface area contributed by atoms with Gasteiger partial charge in [-0.15, -0.1) is 0 Å². The van der Waals surface area contributed by atoms with Crippen LogP contribution in [0, 0.1) is 0 Å². The molecule has 2 heterocycles. The molecule has 1 atom stereocenters. The number of benzene rings is 2. The smallest absolute Gasteiger partial charge is 0.253 e. The predicted molar refractivity (Wildman–Crippen MR) is 95.8 cm³/mol. The van der Waals surface area contributed by atoms with Gasteiger partial charge < -0.3 is 24.3 Å². The molecular weight excluding hydrogens is 358 g/mol. The first kappa shape index (κ1) is 16.8. The van der Waals surface area contributed by atoms with Gasteiger partial charge in [-0.05, 0) is 30.7 Å². The topological polar surface area (TPSA) is 66.0 Å². The summed E-state index contributed by atoms with van der Waals surface area (Å²) in [6, 6.07) is 8.63. The van der Waals surface area contributed by atoms with Crippen molar-refractivity contribution < 1.29 is 23.7 Å². The normalized spacial score (nSPS) is 15.9. The molecule has 0 saturated carbocycles. The van der Waals surface area contributed by atoms with E-state index in [0.29, 0.717) is 60.0 Å². The molecule has 4 rings (SSSR count). The summed E-state index contributed by atoms with van der Waals surface area (Å²) in [5, 5.41) is 3.27. The van der Waals surface area contributed by atoms with Crippen LogP contribution < -0.4 is 24.3 Å². The standard InChI is InChI=1S/C19H18ClNO5/c1-11(12-2-3-15-16(8-12)24-5-4-23-15)21-19(22)13-9-17-18(10-14(13)20)26-7-6-25-17/h2-3,8-11H,4-7H2,1H3,(H,21,22). The first-order valence-corrected chi connectivity index (χ1v) is 8.79. The summed E-state index contributed by atoms with van der Waals surface area (Å²) in [7, 11) is 0. The van der Waals surface area contributed by atoms with E-state index in [0.717, 1.165) is 5.56 Å². The van der Waals surface area contributed by atoms with Crippen molar-refractivity contribution in [2.45, 2.75) is 13.0 Å². The van der Waals surface area contributed by atoms with Crippen molar-refractivity contribution in [2.75, 3.05) is 26.4 Å². The van der Waals surface area contributed by atoms with Gasteiger partial charge >= 0.3 is 0 Å². The molecule has 26 heavy (non-hydrogen) atoms. The summed E-state index contributed by atoms with van der Waals surface area (Å²) in [4.78, 5) is 12.7. The second kappa shape index (κ2) is 6.96. The molecule has 0 aromatic heterocycles. The maximum absolute atomic E-state index is 12.7. The van der Waals surface area contributed by atoms with Gasteiger partial charge in [0.15, 0.2) is 23.0 Å². The molecule has 6 nitrogen and oxygen atoms in total. The SMILES string of the molecule is CC(NC(=O)c1cc2c(cc1Cl)OCCO2)c1ccc2c(c1)OCCO2. The Morgan fingerprint density at radius 1 is 0.923 bits per heavy atom. The summed E-state index contributed by atoms with van der Waals surface area (Å²) in [6.07, 6.45) is 0. The molecule has 0 fully saturated rings. The Morgan fingerprint density at radius 3 is 2.19 bits per heavy atom. The monoisotopic (exact) mass is 375 g/mol. The second-order valence-corrected chi connectivity index (χ2v) is 6.48. The number of carbonyl (C=O) groups is 1. The molecule has 2 aliphatic rings. The fourth-order valence-corrected chi connectivity index (χ4v) is 3.16. The Morgan fingerprint density at radius 2 is 1.50 bits per heavy atom. The lowest BCUT2D eigenvalue weighted by Crippen LogP contribution is -2.27. The predicted octanol–water partition coefficient (Wildman–Crippen LogP) is 3.37. The lowest BCUT2D eigenvalue weighted by atomic mass is 10.1. The average Bonchev–Trinajstić information content (AvgIpc) is 2.66. The van der Waals surface area contributed by atoms with Gasteiger partial charge in [-0.3, -0.25) is 4.79 Å². The Bertz CT molecular complexity index is 854. The zero-order valence-corrected chi connectivity index (χ0v) is 15.0. The molecule has 1 amide bonds. The summed E-state index contributed by atoms with van der Waals surface area (Å²) in [5.74, 6) is 2.20. The zero-order chi connectivity index (χ0) is 18.1. The maximum atomic E-state index is 12.7. The molecule has 1 unspecified atom stereocenters. The highest BCUT2D eigenvalue weighted by atomic mass is 35.5. The van der Waals surface area contributed by atoms with Gasteiger partial charge in [0.05, 0.1) is 16.6 Å². The molecule has 2 aromatic carbocycles. The molecule has 7 heteroatoms. The molecule has 0 radical (unpaired) electrons. The number of rotatable bonds is 3. The van der Waals surface area contributed by atoms with Gasteiger partial charge in [-0.2, -0.15) is 0 Å². The Balaban J connectivity index is 1.52. The first-order valence-electron chi connectivity index (χ1n) is 8.41. The summed E-state index contributed by atoms with van der Waals surface area (Å²) in [5.41, 5.74) is 1.26. The highest BCUT2D eigenvalue weighted by Crippen LogP contribution is 2.36. The van der Waals surface area contributed by atoms with E-state index in [-0.39, 0.29) is 11.9 Å². The van der Waals surface area contributed by atoms with Crippen LogP contribution in [0.1, 0.15) is 28.9 Å². The van der Waals surface area contributed by atoms with Crippen LogP contribution in [0.15, 0.2) is 30.3 Å². The number of nitrogens with one attached hydrogen (secondary N) is 1. The average molecular weight is 376 g/mol. The van der Waals surface area contributed by atoms with Crippen molar-refractivity contribution in [3.05, 3.63) is 46.5 Å². The highest BCUT2D eigenvalue weighted by Gasteiger charge is 2.21. The van der Waals surface area contributed by atoms with Crippen molar-refractivity contribution in [1.29, 1.82) is 0 Å². The fourth-order valence-electron chi connectivity index (χ4n) is 2.92. The van der Waals surface area contributed by atoms with Crippen molar-refractivity contribution in [3.63, 3.8) is 0 Å². The molecule has 0 spiro atoms. The molecule has 0 aliphatic carbocycles. The lowest BCUT2D eigenvalue weighted by molar-refractivity contribution is 0.0938. The summed E-state index contributed by atoms with van der Waals surface area (Å²) in [6.45, 7) is 3.87.